The summed E-state index contributed by atoms with van der Waals surface area (Å²) in [6, 6.07) is 0. The van der Waals surface area contributed by atoms with E-state index in [4.69, 9.17) is 9.47 Å². The van der Waals surface area contributed by atoms with Gasteiger partial charge in [-0.15, -0.1) is 0 Å². The standard InChI is InChI=1S/C43H78O4/c1-3-5-7-9-11-13-15-17-19-21-23-25-27-29-31-33-35-37-39-46-41-42(40-44)47-43(45)38-36-34-32-30-28-26-24-22-20-18-16-14-12-10-8-6-4-2/h6,8,12,14,18,20,24,26,42,44H,3-5,7,9-11,13,15-17,19,21-23,25,27-41H2,1-2H3/b8-6-,14-12-,20-18-,26-24-. The van der Waals surface area contributed by atoms with Gasteiger partial charge >= 0.3 is 5.97 Å². The fraction of sp³-hybridized carbons (Fsp3) is 0.791. The second kappa shape index (κ2) is 40.5. The second-order valence-electron chi connectivity index (χ2n) is 13.3. The maximum Gasteiger partial charge on any atom is 0.306 e. The molecule has 1 atom stereocenters. The Kier molecular flexibility index (Phi) is 39.1. The summed E-state index contributed by atoms with van der Waals surface area (Å²) in [6.45, 7) is 5.22. The van der Waals surface area contributed by atoms with Crippen molar-refractivity contribution in [3.8, 4) is 0 Å². The molecule has 47 heavy (non-hydrogen) atoms. The van der Waals surface area contributed by atoms with E-state index in [-0.39, 0.29) is 19.2 Å². The molecule has 0 aliphatic heterocycles. The molecule has 0 rings (SSSR count). The first-order chi connectivity index (χ1) is 23.2. The Morgan fingerprint density at radius 2 is 0.957 bits per heavy atom. The normalized spacial score (nSPS) is 12.8. The van der Waals surface area contributed by atoms with Gasteiger partial charge in [0.15, 0.2) is 0 Å². The van der Waals surface area contributed by atoms with Crippen molar-refractivity contribution >= 4 is 5.97 Å². The lowest BCUT2D eigenvalue weighted by Gasteiger charge is -2.15. The molecule has 0 radical (unpaired) electrons. The van der Waals surface area contributed by atoms with Gasteiger partial charge in [0, 0.05) is 13.0 Å². The summed E-state index contributed by atoms with van der Waals surface area (Å²) < 4.78 is 11.1. The Bertz CT molecular complexity index is 738. The lowest BCUT2D eigenvalue weighted by atomic mass is 10.0. The number of rotatable bonds is 37. The summed E-state index contributed by atoms with van der Waals surface area (Å²) in [7, 11) is 0. The third-order valence-corrected chi connectivity index (χ3v) is 8.67. The van der Waals surface area contributed by atoms with E-state index in [0.29, 0.717) is 13.0 Å². The van der Waals surface area contributed by atoms with E-state index in [1.54, 1.807) is 0 Å². The van der Waals surface area contributed by atoms with Crippen molar-refractivity contribution in [3.05, 3.63) is 48.6 Å². The zero-order chi connectivity index (χ0) is 34.1. The predicted octanol–water partition coefficient (Wildman–Crippen LogP) is 13.1. The zero-order valence-electron chi connectivity index (χ0n) is 31.3. The van der Waals surface area contributed by atoms with Crippen LogP contribution in [-0.2, 0) is 14.3 Å². The molecule has 0 amide bonds. The molecule has 0 aromatic heterocycles. The SMILES string of the molecule is CC/C=C\C/C=C\C/C=C\C/C=C\CCCCCCC(=O)OC(CO)COCCCCCCCCCCCCCCCCCCCC. The molecule has 0 aliphatic carbocycles. The van der Waals surface area contributed by atoms with Gasteiger partial charge < -0.3 is 14.6 Å². The van der Waals surface area contributed by atoms with Crippen LogP contribution in [0.1, 0.15) is 194 Å². The lowest BCUT2D eigenvalue weighted by Crippen LogP contribution is -2.27. The highest BCUT2D eigenvalue weighted by Crippen LogP contribution is 2.14. The lowest BCUT2D eigenvalue weighted by molar-refractivity contribution is -0.154. The Labute approximate surface area is 292 Å². The van der Waals surface area contributed by atoms with Crippen molar-refractivity contribution in [1.29, 1.82) is 0 Å². The molecule has 0 heterocycles. The van der Waals surface area contributed by atoms with E-state index < -0.39 is 6.10 Å². The summed E-state index contributed by atoms with van der Waals surface area (Å²) in [5.74, 6) is -0.222. The molecule has 4 nitrogen and oxygen atoms in total. The molecule has 0 aliphatic rings. The molecule has 0 saturated carbocycles. The number of aliphatic hydroxyl groups excluding tert-OH is 1. The predicted molar refractivity (Wildman–Crippen MR) is 205 cm³/mol. The minimum atomic E-state index is -0.545. The Balaban J connectivity index is 3.46. The van der Waals surface area contributed by atoms with E-state index >= 15 is 0 Å². The number of carbonyl (C=O) groups is 1. The van der Waals surface area contributed by atoms with Crippen LogP contribution in [0.5, 0.6) is 0 Å². The van der Waals surface area contributed by atoms with Gasteiger partial charge in [-0.1, -0.05) is 184 Å². The van der Waals surface area contributed by atoms with E-state index in [9.17, 15) is 9.90 Å². The van der Waals surface area contributed by atoms with Gasteiger partial charge in [-0.25, -0.2) is 0 Å². The number of allylic oxidation sites excluding steroid dienone is 8. The van der Waals surface area contributed by atoms with Gasteiger partial charge in [0.1, 0.15) is 6.10 Å². The Morgan fingerprint density at radius 3 is 1.45 bits per heavy atom. The number of hydrogen-bond donors (Lipinski definition) is 1. The number of aliphatic hydroxyl groups is 1. The summed E-state index contributed by atoms with van der Waals surface area (Å²) in [4.78, 5) is 12.2. The number of hydrogen-bond acceptors (Lipinski definition) is 4. The molecular formula is C43H78O4. The highest BCUT2D eigenvalue weighted by molar-refractivity contribution is 5.69. The van der Waals surface area contributed by atoms with E-state index in [2.05, 4.69) is 62.5 Å². The first-order valence-electron chi connectivity index (χ1n) is 20.2. The third-order valence-electron chi connectivity index (χ3n) is 8.67. The topological polar surface area (TPSA) is 55.8 Å². The maximum atomic E-state index is 12.2. The fourth-order valence-corrected chi connectivity index (χ4v) is 5.67. The molecule has 0 spiro atoms. The summed E-state index contributed by atoms with van der Waals surface area (Å²) in [6.07, 6.45) is 51.6. The number of ether oxygens (including phenoxy) is 2. The molecule has 274 valence electrons. The van der Waals surface area contributed by atoms with Crippen LogP contribution >= 0.6 is 0 Å². The van der Waals surface area contributed by atoms with Crippen LogP contribution < -0.4 is 0 Å². The highest BCUT2D eigenvalue weighted by atomic mass is 16.6. The van der Waals surface area contributed by atoms with Gasteiger partial charge in [-0.3, -0.25) is 4.79 Å². The molecule has 1 unspecified atom stereocenters. The molecule has 0 saturated heterocycles. The number of unbranched alkanes of at least 4 members (excludes halogenated alkanes) is 21. The van der Waals surface area contributed by atoms with Crippen molar-refractivity contribution in [1.82, 2.24) is 0 Å². The highest BCUT2D eigenvalue weighted by Gasteiger charge is 2.13. The quantitative estimate of drug-likeness (QED) is 0.0410. The van der Waals surface area contributed by atoms with Crippen LogP contribution in [0.25, 0.3) is 0 Å². The van der Waals surface area contributed by atoms with Crippen molar-refractivity contribution in [2.45, 2.75) is 200 Å². The molecule has 0 aromatic rings. The van der Waals surface area contributed by atoms with Crippen LogP contribution in [-0.4, -0.2) is 37.0 Å². The van der Waals surface area contributed by atoms with E-state index in [0.717, 1.165) is 64.2 Å². The summed E-state index contributed by atoms with van der Waals surface area (Å²) >= 11 is 0. The van der Waals surface area contributed by atoms with Gasteiger partial charge in [0.25, 0.3) is 0 Å². The largest absolute Gasteiger partial charge is 0.457 e. The Hall–Kier alpha value is -1.65. The van der Waals surface area contributed by atoms with E-state index in [1.807, 2.05) is 0 Å². The molecule has 0 bridgehead atoms. The van der Waals surface area contributed by atoms with Crippen LogP contribution in [0.15, 0.2) is 48.6 Å². The first kappa shape index (κ1) is 45.3. The number of esters is 1. The molecule has 4 heteroatoms. The fourth-order valence-electron chi connectivity index (χ4n) is 5.67. The number of carbonyl (C=O) groups excluding carboxylic acids is 1. The summed E-state index contributed by atoms with van der Waals surface area (Å²) in [5, 5.41) is 9.58. The smallest absolute Gasteiger partial charge is 0.306 e. The van der Waals surface area contributed by atoms with Crippen LogP contribution in [0.2, 0.25) is 0 Å². The molecular weight excluding hydrogens is 580 g/mol. The van der Waals surface area contributed by atoms with E-state index in [1.165, 1.54) is 109 Å². The van der Waals surface area contributed by atoms with Crippen LogP contribution in [0.3, 0.4) is 0 Å². The average Bonchev–Trinajstić information content (AvgIpc) is 3.08. The molecule has 1 N–H and O–H groups in total. The molecule has 0 aromatic carbocycles. The van der Waals surface area contributed by atoms with Crippen LogP contribution in [0.4, 0.5) is 0 Å². The van der Waals surface area contributed by atoms with Crippen molar-refractivity contribution < 1.29 is 19.4 Å². The molecule has 0 fully saturated rings. The van der Waals surface area contributed by atoms with Gasteiger partial charge in [0.05, 0.1) is 13.2 Å². The monoisotopic (exact) mass is 659 g/mol. The first-order valence-corrected chi connectivity index (χ1v) is 20.2. The van der Waals surface area contributed by atoms with Crippen LogP contribution in [0, 0.1) is 0 Å². The minimum Gasteiger partial charge on any atom is -0.457 e. The Morgan fingerprint density at radius 1 is 0.532 bits per heavy atom. The average molecular weight is 659 g/mol. The van der Waals surface area contributed by atoms with Crippen molar-refractivity contribution in [2.75, 3.05) is 19.8 Å². The minimum absolute atomic E-state index is 0.181. The zero-order valence-corrected chi connectivity index (χ0v) is 31.3. The second-order valence-corrected chi connectivity index (χ2v) is 13.3. The maximum absolute atomic E-state index is 12.2. The van der Waals surface area contributed by atoms with Crippen molar-refractivity contribution in [2.24, 2.45) is 0 Å². The van der Waals surface area contributed by atoms with Gasteiger partial charge in [-0.05, 0) is 51.4 Å². The summed E-state index contributed by atoms with van der Waals surface area (Å²) in [5.41, 5.74) is 0. The third kappa shape index (κ3) is 38.7. The van der Waals surface area contributed by atoms with Crippen molar-refractivity contribution in [3.63, 3.8) is 0 Å². The van der Waals surface area contributed by atoms with Gasteiger partial charge in [-0.2, -0.15) is 0 Å². The van der Waals surface area contributed by atoms with Gasteiger partial charge in [0.2, 0.25) is 0 Å².